The smallest absolute Gasteiger partial charge is 0.376 e. The molecule has 0 aromatic rings. The van der Waals surface area contributed by atoms with Crippen molar-refractivity contribution in [2.24, 2.45) is 0 Å². The van der Waals surface area contributed by atoms with Crippen LogP contribution in [0.3, 0.4) is 0 Å². The quantitative estimate of drug-likeness (QED) is 0.0709. The van der Waals surface area contributed by atoms with Crippen LogP contribution in [0.4, 0.5) is 0 Å². The Hall–Kier alpha value is -0.240. The maximum absolute atomic E-state index is 12.1. The number of nitrogens with zero attached hydrogens (tertiary/aromatic N) is 1. The predicted octanol–water partition coefficient (Wildman–Crippen LogP) is 8.50. The Balaban J connectivity index is 3.63. The molecule has 0 saturated carbocycles. The SMILES string of the molecule is CCCCC=CCCCCCCCCCCCCCCC(CCC)([P+](=O)[O-])[N+](C)(C)C. The zero-order chi connectivity index (χ0) is 23.4. The normalized spacial score (nSPS) is 14.8. The van der Waals surface area contributed by atoms with Gasteiger partial charge in [0, 0.05) is 12.8 Å². The molecule has 0 aromatic heterocycles. The molecule has 2 atom stereocenters. The first-order valence-corrected chi connectivity index (χ1v) is 14.6. The maximum atomic E-state index is 12.1. The van der Waals surface area contributed by atoms with Gasteiger partial charge in [0.15, 0.2) is 0 Å². The van der Waals surface area contributed by atoms with E-state index in [1.807, 2.05) is 21.1 Å². The number of hydrogen-bond donors (Lipinski definition) is 0. The molecule has 3 nitrogen and oxygen atoms in total. The van der Waals surface area contributed by atoms with Crippen molar-refractivity contribution in [2.45, 2.75) is 141 Å². The van der Waals surface area contributed by atoms with Gasteiger partial charge in [-0.2, -0.15) is 0 Å². The summed E-state index contributed by atoms with van der Waals surface area (Å²) in [5.41, 5.74) is 0. The monoisotopic (exact) mass is 456 g/mol. The molecule has 0 aliphatic rings. The van der Waals surface area contributed by atoms with Crippen LogP contribution in [0.5, 0.6) is 0 Å². The highest BCUT2D eigenvalue weighted by Crippen LogP contribution is 2.45. The van der Waals surface area contributed by atoms with E-state index in [1.165, 1.54) is 96.3 Å². The van der Waals surface area contributed by atoms with Crippen LogP contribution in [0.2, 0.25) is 0 Å². The Kier molecular flexibility index (Phi) is 19.1. The van der Waals surface area contributed by atoms with Gasteiger partial charge in [-0.15, -0.1) is 0 Å². The lowest BCUT2D eigenvalue weighted by atomic mass is 9.99. The lowest BCUT2D eigenvalue weighted by Gasteiger charge is -2.39. The second-order valence-corrected chi connectivity index (χ2v) is 11.7. The first-order valence-electron chi connectivity index (χ1n) is 13.4. The third kappa shape index (κ3) is 14.5. The number of unbranched alkanes of at least 4 members (excludes halogenated alkanes) is 14. The Labute approximate surface area is 196 Å². The van der Waals surface area contributed by atoms with Crippen LogP contribution in [0, 0.1) is 0 Å². The van der Waals surface area contributed by atoms with Crippen LogP contribution in [0.25, 0.3) is 0 Å². The number of hydrogen-bond acceptors (Lipinski definition) is 2. The molecule has 0 aliphatic carbocycles. The summed E-state index contributed by atoms with van der Waals surface area (Å²) in [5.74, 6) is 0. The standard InChI is InChI=1S/C27H55NO2P/c1-6-8-9-10-11-12-13-14-15-16-17-18-19-20-21-22-23-24-26-27(25-7-2,31(29)30)28(3,4)5/h10-11H,6-9,12-26H2,1-5H3/q+1. The molecule has 0 aromatic carbocycles. The topological polar surface area (TPSA) is 40.1 Å². The van der Waals surface area contributed by atoms with Crippen LogP contribution in [0.1, 0.15) is 136 Å². The van der Waals surface area contributed by atoms with Crippen LogP contribution in [-0.2, 0) is 4.57 Å². The minimum Gasteiger partial charge on any atom is -0.590 e. The van der Waals surface area contributed by atoms with Gasteiger partial charge in [0.2, 0.25) is 0 Å². The van der Waals surface area contributed by atoms with E-state index in [0.29, 0.717) is 4.48 Å². The number of allylic oxidation sites excluding steroid dienone is 2. The Morgan fingerprint density at radius 1 is 0.645 bits per heavy atom. The van der Waals surface area contributed by atoms with Gasteiger partial charge < -0.3 is 4.89 Å². The molecule has 2 unspecified atom stereocenters. The minimum atomic E-state index is -2.42. The zero-order valence-electron chi connectivity index (χ0n) is 21.8. The highest BCUT2D eigenvalue weighted by atomic mass is 31.1. The van der Waals surface area contributed by atoms with Crippen LogP contribution in [0.15, 0.2) is 12.2 Å². The minimum absolute atomic E-state index is 0.523. The van der Waals surface area contributed by atoms with Crippen LogP contribution in [-0.4, -0.2) is 30.9 Å². The Morgan fingerprint density at radius 2 is 1.06 bits per heavy atom. The summed E-state index contributed by atoms with van der Waals surface area (Å²) >= 11 is 0. The van der Waals surface area contributed by atoms with Crippen molar-refractivity contribution in [1.29, 1.82) is 0 Å². The largest absolute Gasteiger partial charge is 0.590 e. The molecule has 184 valence electrons. The molecule has 0 N–H and O–H groups in total. The van der Waals surface area contributed by atoms with Gasteiger partial charge in [0.25, 0.3) is 5.28 Å². The molecule has 31 heavy (non-hydrogen) atoms. The van der Waals surface area contributed by atoms with Gasteiger partial charge in [0.05, 0.1) is 21.1 Å². The summed E-state index contributed by atoms with van der Waals surface area (Å²) < 4.78 is 12.6. The Bertz CT molecular complexity index is 459. The van der Waals surface area contributed by atoms with Crippen molar-refractivity contribution < 1.29 is 13.9 Å². The predicted molar refractivity (Wildman–Crippen MR) is 137 cm³/mol. The first kappa shape index (κ1) is 30.8. The fraction of sp³-hybridized carbons (Fsp3) is 0.926. The van der Waals surface area contributed by atoms with Gasteiger partial charge in [-0.25, -0.2) is 0 Å². The molecule has 0 rings (SSSR count). The van der Waals surface area contributed by atoms with Crippen molar-refractivity contribution in [3.8, 4) is 0 Å². The van der Waals surface area contributed by atoms with Crippen molar-refractivity contribution >= 4 is 8.03 Å². The fourth-order valence-electron chi connectivity index (χ4n) is 4.62. The van der Waals surface area contributed by atoms with Gasteiger partial charge in [-0.3, -0.25) is 4.48 Å². The van der Waals surface area contributed by atoms with E-state index >= 15 is 0 Å². The molecule has 0 saturated heterocycles. The van der Waals surface area contributed by atoms with Crippen molar-refractivity contribution in [1.82, 2.24) is 0 Å². The third-order valence-electron chi connectivity index (χ3n) is 6.83. The molecular weight excluding hydrogens is 401 g/mol. The third-order valence-corrected chi connectivity index (χ3v) is 8.55. The summed E-state index contributed by atoms with van der Waals surface area (Å²) in [5, 5.41) is -0.588. The van der Waals surface area contributed by atoms with Gasteiger partial charge in [-0.05, 0) is 32.1 Å². The van der Waals surface area contributed by atoms with Gasteiger partial charge in [0.1, 0.15) is 0 Å². The second kappa shape index (κ2) is 19.2. The summed E-state index contributed by atoms with van der Waals surface area (Å²) in [7, 11) is 3.68. The summed E-state index contributed by atoms with van der Waals surface area (Å²) in [4.78, 5) is 12.1. The van der Waals surface area contributed by atoms with E-state index < -0.39 is 13.3 Å². The molecule has 4 heteroatoms. The van der Waals surface area contributed by atoms with E-state index in [4.69, 9.17) is 0 Å². The van der Waals surface area contributed by atoms with E-state index in [-0.39, 0.29) is 0 Å². The molecule has 0 bridgehead atoms. The van der Waals surface area contributed by atoms with Crippen LogP contribution < -0.4 is 4.89 Å². The molecular formula is C27H55NO2P+. The summed E-state index contributed by atoms with van der Waals surface area (Å²) in [6, 6.07) is 0. The maximum Gasteiger partial charge on any atom is 0.376 e. The first-order chi connectivity index (χ1) is 14.8. The molecule has 0 heterocycles. The van der Waals surface area contributed by atoms with Crippen molar-refractivity contribution in [3.05, 3.63) is 12.2 Å². The Morgan fingerprint density at radius 3 is 1.45 bits per heavy atom. The van der Waals surface area contributed by atoms with Crippen LogP contribution >= 0.6 is 8.03 Å². The highest BCUT2D eigenvalue weighted by molar-refractivity contribution is 7.38. The van der Waals surface area contributed by atoms with E-state index in [1.54, 1.807) is 0 Å². The lowest BCUT2D eigenvalue weighted by molar-refractivity contribution is -0.910. The molecule has 0 spiro atoms. The lowest BCUT2D eigenvalue weighted by Crippen LogP contribution is -2.55. The van der Waals surface area contributed by atoms with Gasteiger partial charge >= 0.3 is 8.03 Å². The summed E-state index contributed by atoms with van der Waals surface area (Å²) in [6.07, 6.45) is 28.2. The van der Waals surface area contributed by atoms with Crippen molar-refractivity contribution in [3.63, 3.8) is 0 Å². The van der Waals surface area contributed by atoms with E-state index in [9.17, 15) is 9.46 Å². The van der Waals surface area contributed by atoms with Gasteiger partial charge in [-0.1, -0.05) is 108 Å². The van der Waals surface area contributed by atoms with E-state index in [2.05, 4.69) is 26.0 Å². The summed E-state index contributed by atoms with van der Waals surface area (Å²) in [6.45, 7) is 4.35. The number of rotatable bonds is 22. The average Bonchev–Trinajstić information content (AvgIpc) is 2.71. The molecule has 0 fully saturated rings. The molecule has 0 radical (unpaired) electrons. The zero-order valence-corrected chi connectivity index (χ0v) is 22.7. The second-order valence-electron chi connectivity index (χ2n) is 10.4. The number of quaternary nitrogens is 1. The highest BCUT2D eigenvalue weighted by Gasteiger charge is 2.53. The fourth-order valence-corrected chi connectivity index (χ4v) is 5.86. The van der Waals surface area contributed by atoms with Crippen molar-refractivity contribution in [2.75, 3.05) is 21.1 Å². The molecule has 0 aliphatic heterocycles. The average molecular weight is 457 g/mol. The molecule has 0 amide bonds. The van der Waals surface area contributed by atoms with E-state index in [0.717, 1.165) is 25.7 Å².